The van der Waals surface area contributed by atoms with Gasteiger partial charge in [0.25, 0.3) is 0 Å². The Bertz CT molecular complexity index is 591. The van der Waals surface area contributed by atoms with E-state index < -0.39 is 5.97 Å². The number of carbonyl (C=O) groups is 2. The van der Waals surface area contributed by atoms with Crippen molar-refractivity contribution < 1.29 is 14.7 Å². The van der Waals surface area contributed by atoms with Gasteiger partial charge in [0.05, 0.1) is 23.4 Å². The van der Waals surface area contributed by atoms with Gasteiger partial charge in [-0.3, -0.25) is 4.79 Å². The van der Waals surface area contributed by atoms with Crippen molar-refractivity contribution in [3.05, 3.63) is 23.8 Å². The molecule has 1 amide bonds. The summed E-state index contributed by atoms with van der Waals surface area (Å²) in [6.45, 7) is 0. The molecule has 1 heterocycles. The number of benzene rings is 1. The van der Waals surface area contributed by atoms with E-state index in [2.05, 4.69) is 10.2 Å². The van der Waals surface area contributed by atoms with Crippen molar-refractivity contribution in [3.63, 3.8) is 0 Å². The van der Waals surface area contributed by atoms with Crippen molar-refractivity contribution in [2.75, 3.05) is 17.3 Å². The molecule has 3 rings (SSSR count). The van der Waals surface area contributed by atoms with Crippen LogP contribution in [0.5, 0.6) is 0 Å². The van der Waals surface area contributed by atoms with Gasteiger partial charge in [0, 0.05) is 12.6 Å². The molecule has 112 valence electrons. The molecule has 21 heavy (non-hydrogen) atoms. The summed E-state index contributed by atoms with van der Waals surface area (Å²) in [6, 6.07) is 4.96. The highest BCUT2D eigenvalue weighted by molar-refractivity contribution is 5.99. The fourth-order valence-corrected chi connectivity index (χ4v) is 3.65. The number of hydrogen-bond donors (Lipinski definition) is 2. The second-order valence-corrected chi connectivity index (χ2v) is 6.11. The summed E-state index contributed by atoms with van der Waals surface area (Å²) in [5, 5.41) is 12.0. The number of carbonyl (C=O) groups excluding carboxylic acids is 1. The van der Waals surface area contributed by atoms with Gasteiger partial charge in [-0.1, -0.05) is 19.3 Å². The summed E-state index contributed by atoms with van der Waals surface area (Å²) in [6.07, 6.45) is 6.00. The van der Waals surface area contributed by atoms with E-state index >= 15 is 0 Å². The first-order valence-corrected chi connectivity index (χ1v) is 7.43. The number of carboxylic acids is 1. The van der Waals surface area contributed by atoms with E-state index in [0.717, 1.165) is 31.4 Å². The monoisotopic (exact) mass is 288 g/mol. The summed E-state index contributed by atoms with van der Waals surface area (Å²) in [5.41, 5.74) is 1.58. The van der Waals surface area contributed by atoms with Crippen LogP contribution >= 0.6 is 0 Å². The van der Waals surface area contributed by atoms with Crippen LogP contribution < -0.4 is 10.2 Å². The van der Waals surface area contributed by atoms with Gasteiger partial charge in [0.2, 0.25) is 5.91 Å². The molecule has 5 heteroatoms. The Balaban J connectivity index is 2.05. The lowest BCUT2D eigenvalue weighted by Crippen LogP contribution is -2.49. The first kappa shape index (κ1) is 13.9. The van der Waals surface area contributed by atoms with Crippen LogP contribution in [0.2, 0.25) is 0 Å². The Morgan fingerprint density at radius 2 is 2.00 bits per heavy atom. The standard InChI is InChI=1S/C16H20N2O3/c1-18-13-6-5-11(15(20)21)9-12(13)17-14(19)10-16(18)7-3-2-4-8-16/h5-6,9H,2-4,7-8,10H2,1H3,(H,17,19)(H,20,21). The third-order valence-corrected chi connectivity index (χ3v) is 4.86. The highest BCUT2D eigenvalue weighted by atomic mass is 16.4. The minimum atomic E-state index is -0.980. The number of rotatable bonds is 1. The number of nitrogens with one attached hydrogen (secondary N) is 1. The third-order valence-electron chi connectivity index (χ3n) is 4.86. The molecule has 0 bridgehead atoms. The fraction of sp³-hybridized carbons (Fsp3) is 0.500. The molecule has 1 aliphatic heterocycles. The average Bonchev–Trinajstić information content (AvgIpc) is 2.55. The van der Waals surface area contributed by atoms with Crippen molar-refractivity contribution in [2.45, 2.75) is 44.1 Å². The summed E-state index contributed by atoms with van der Waals surface area (Å²) in [7, 11) is 2.02. The molecule has 1 aromatic carbocycles. The van der Waals surface area contributed by atoms with E-state index in [9.17, 15) is 9.59 Å². The third kappa shape index (κ3) is 2.37. The topological polar surface area (TPSA) is 69.6 Å². The maximum atomic E-state index is 12.3. The number of carboxylic acid groups (broad SMARTS) is 1. The van der Waals surface area contributed by atoms with Crippen LogP contribution in [0.15, 0.2) is 18.2 Å². The predicted molar refractivity (Wildman–Crippen MR) is 80.9 cm³/mol. The first-order valence-electron chi connectivity index (χ1n) is 7.43. The smallest absolute Gasteiger partial charge is 0.335 e. The molecular formula is C16H20N2O3. The van der Waals surface area contributed by atoms with Crippen molar-refractivity contribution in [1.29, 1.82) is 0 Å². The summed E-state index contributed by atoms with van der Waals surface area (Å²) >= 11 is 0. The highest BCUT2D eigenvalue weighted by Gasteiger charge is 2.41. The van der Waals surface area contributed by atoms with Gasteiger partial charge in [-0.05, 0) is 31.0 Å². The minimum Gasteiger partial charge on any atom is -0.478 e. The number of aromatic carboxylic acids is 1. The van der Waals surface area contributed by atoms with Crippen LogP contribution in [0.25, 0.3) is 0 Å². The Kier molecular flexibility index (Phi) is 3.35. The lowest BCUT2D eigenvalue weighted by atomic mass is 9.78. The number of anilines is 2. The van der Waals surface area contributed by atoms with E-state index in [0.29, 0.717) is 12.1 Å². The SMILES string of the molecule is CN1c2ccc(C(=O)O)cc2NC(=O)CC12CCCCC2. The van der Waals surface area contributed by atoms with Crippen LogP contribution in [-0.2, 0) is 4.79 Å². The molecule has 0 saturated heterocycles. The molecule has 0 radical (unpaired) electrons. The number of hydrogen-bond acceptors (Lipinski definition) is 3. The van der Waals surface area contributed by atoms with E-state index in [1.54, 1.807) is 18.2 Å². The second-order valence-electron chi connectivity index (χ2n) is 6.11. The van der Waals surface area contributed by atoms with Crippen LogP contribution in [0, 0.1) is 0 Å². The van der Waals surface area contributed by atoms with Gasteiger partial charge in [-0.25, -0.2) is 4.79 Å². The number of fused-ring (bicyclic) bond motifs is 1. The zero-order valence-electron chi connectivity index (χ0n) is 12.2. The Hall–Kier alpha value is -2.04. The van der Waals surface area contributed by atoms with E-state index in [-0.39, 0.29) is 17.0 Å². The van der Waals surface area contributed by atoms with Crippen LogP contribution in [-0.4, -0.2) is 29.6 Å². The summed E-state index contributed by atoms with van der Waals surface area (Å²) in [4.78, 5) is 25.6. The van der Waals surface area contributed by atoms with Crippen molar-refractivity contribution in [2.24, 2.45) is 0 Å². The van der Waals surface area contributed by atoms with Crippen molar-refractivity contribution in [3.8, 4) is 0 Å². The van der Waals surface area contributed by atoms with E-state index in [4.69, 9.17) is 5.11 Å². The van der Waals surface area contributed by atoms with E-state index in [1.807, 2.05) is 7.05 Å². The summed E-state index contributed by atoms with van der Waals surface area (Å²) in [5.74, 6) is -1.00. The second kappa shape index (κ2) is 5.06. The largest absolute Gasteiger partial charge is 0.478 e. The molecule has 0 atom stereocenters. The van der Waals surface area contributed by atoms with Crippen molar-refractivity contribution in [1.82, 2.24) is 0 Å². The molecule has 1 spiro atoms. The van der Waals surface area contributed by atoms with Gasteiger partial charge in [0.15, 0.2) is 0 Å². The average molecular weight is 288 g/mol. The van der Waals surface area contributed by atoms with Gasteiger partial charge < -0.3 is 15.3 Å². The molecule has 5 nitrogen and oxygen atoms in total. The van der Waals surface area contributed by atoms with Crippen LogP contribution in [0.3, 0.4) is 0 Å². The lowest BCUT2D eigenvalue weighted by molar-refractivity contribution is -0.117. The molecule has 2 N–H and O–H groups in total. The highest BCUT2D eigenvalue weighted by Crippen LogP contribution is 2.43. The molecule has 2 aliphatic rings. The first-order chi connectivity index (χ1) is 10.0. The zero-order chi connectivity index (χ0) is 15.0. The summed E-state index contributed by atoms with van der Waals surface area (Å²) < 4.78 is 0. The Morgan fingerprint density at radius 3 is 2.67 bits per heavy atom. The van der Waals surface area contributed by atoms with Crippen molar-refractivity contribution >= 4 is 23.3 Å². The van der Waals surface area contributed by atoms with E-state index in [1.165, 1.54) is 6.42 Å². The van der Waals surface area contributed by atoms with Crippen LogP contribution in [0.1, 0.15) is 48.9 Å². The Morgan fingerprint density at radius 1 is 1.29 bits per heavy atom. The van der Waals surface area contributed by atoms with Gasteiger partial charge in [-0.15, -0.1) is 0 Å². The molecule has 1 saturated carbocycles. The zero-order valence-corrected chi connectivity index (χ0v) is 12.2. The Labute approximate surface area is 123 Å². The molecule has 0 unspecified atom stereocenters. The van der Waals surface area contributed by atoms with Gasteiger partial charge >= 0.3 is 5.97 Å². The molecular weight excluding hydrogens is 268 g/mol. The van der Waals surface area contributed by atoms with Gasteiger partial charge in [0.1, 0.15) is 0 Å². The fourth-order valence-electron chi connectivity index (χ4n) is 3.65. The normalized spacial score (nSPS) is 20.6. The predicted octanol–water partition coefficient (Wildman–Crippen LogP) is 2.87. The molecule has 0 aromatic heterocycles. The quantitative estimate of drug-likeness (QED) is 0.833. The number of nitrogens with zero attached hydrogens (tertiary/aromatic N) is 1. The lowest BCUT2D eigenvalue weighted by Gasteiger charge is -2.44. The number of amides is 1. The van der Waals surface area contributed by atoms with Gasteiger partial charge in [-0.2, -0.15) is 0 Å². The minimum absolute atomic E-state index is 0.0231. The molecule has 1 aliphatic carbocycles. The molecule has 1 aromatic rings. The maximum absolute atomic E-state index is 12.3. The van der Waals surface area contributed by atoms with Crippen LogP contribution in [0.4, 0.5) is 11.4 Å². The molecule has 1 fully saturated rings. The maximum Gasteiger partial charge on any atom is 0.335 e.